The van der Waals surface area contributed by atoms with E-state index < -0.39 is 11.7 Å². The number of halogens is 3. The van der Waals surface area contributed by atoms with Crippen LogP contribution in [0, 0.1) is 6.92 Å². The fourth-order valence-corrected chi connectivity index (χ4v) is 3.29. The van der Waals surface area contributed by atoms with Gasteiger partial charge < -0.3 is 10.1 Å². The van der Waals surface area contributed by atoms with Crippen LogP contribution in [-0.4, -0.2) is 40.7 Å². The third kappa shape index (κ3) is 4.92. The lowest BCUT2D eigenvalue weighted by molar-refractivity contribution is -0.0881. The van der Waals surface area contributed by atoms with Gasteiger partial charge in [0.2, 0.25) is 0 Å². The molecule has 1 aliphatic rings. The number of anilines is 1. The Hall–Kier alpha value is -2.61. The number of hydrogen-bond donors (Lipinski definition) is 1. The summed E-state index contributed by atoms with van der Waals surface area (Å²) in [5, 5.41) is 8.16. The molecule has 0 bridgehead atoms. The first-order valence-electron chi connectivity index (χ1n) is 10.0. The summed E-state index contributed by atoms with van der Waals surface area (Å²) in [7, 11) is 1.49. The number of hydrogen-bond acceptors (Lipinski definition) is 4. The molecule has 5 nitrogen and oxygen atoms in total. The second kappa shape index (κ2) is 9.93. The van der Waals surface area contributed by atoms with Crippen molar-refractivity contribution in [2.45, 2.75) is 52.9 Å². The maximum Gasteiger partial charge on any atom is 0.416 e. The van der Waals surface area contributed by atoms with Gasteiger partial charge in [0.05, 0.1) is 24.4 Å². The maximum atomic E-state index is 13.0. The van der Waals surface area contributed by atoms with Gasteiger partial charge in [-0.05, 0) is 25.5 Å². The summed E-state index contributed by atoms with van der Waals surface area (Å²) in [4.78, 5) is 4.61. The molecule has 0 aromatic carbocycles. The predicted octanol–water partition coefficient (Wildman–Crippen LogP) is 5.67. The van der Waals surface area contributed by atoms with E-state index in [0.717, 1.165) is 35.5 Å². The van der Waals surface area contributed by atoms with E-state index in [9.17, 15) is 13.2 Å². The van der Waals surface area contributed by atoms with Crippen molar-refractivity contribution >= 4 is 22.3 Å². The topological polar surface area (TPSA) is 52.0 Å². The largest absolute Gasteiger partial charge is 0.416 e. The van der Waals surface area contributed by atoms with Crippen LogP contribution in [0.3, 0.4) is 0 Å². The fourth-order valence-electron chi connectivity index (χ4n) is 3.29. The van der Waals surface area contributed by atoms with Gasteiger partial charge in [-0.3, -0.25) is 4.68 Å². The summed E-state index contributed by atoms with van der Waals surface area (Å²) in [6.07, 6.45) is -0.375. The molecule has 2 aromatic heterocycles. The summed E-state index contributed by atoms with van der Waals surface area (Å²) >= 11 is 0. The number of aromatic nitrogens is 3. The number of nitrogens with zero attached hydrogens (tertiary/aromatic N) is 3. The molecule has 1 unspecified atom stereocenters. The van der Waals surface area contributed by atoms with Gasteiger partial charge in [-0.25, -0.2) is 4.98 Å². The number of rotatable bonds is 6. The Kier molecular flexibility index (Phi) is 7.83. The second-order valence-corrected chi connectivity index (χ2v) is 6.74. The molecular weight excluding hydrogens is 393 g/mol. The first-order chi connectivity index (χ1) is 14.3. The zero-order valence-corrected chi connectivity index (χ0v) is 18.1. The highest BCUT2D eigenvalue weighted by Crippen LogP contribution is 2.34. The van der Waals surface area contributed by atoms with Crippen LogP contribution in [0.5, 0.6) is 0 Å². The highest BCUT2D eigenvalue weighted by Gasteiger charge is 2.31. The van der Waals surface area contributed by atoms with Crippen molar-refractivity contribution < 1.29 is 17.9 Å². The minimum Gasteiger partial charge on any atom is -0.380 e. The van der Waals surface area contributed by atoms with Crippen molar-refractivity contribution in [2.75, 3.05) is 19.0 Å². The van der Waals surface area contributed by atoms with Crippen molar-refractivity contribution in [3.05, 3.63) is 47.8 Å². The Morgan fingerprint density at radius 2 is 2.07 bits per heavy atom. The van der Waals surface area contributed by atoms with Crippen LogP contribution in [0.1, 0.15) is 38.6 Å². The molecule has 0 aliphatic carbocycles. The van der Waals surface area contributed by atoms with Gasteiger partial charge in [0.15, 0.2) is 0 Å². The van der Waals surface area contributed by atoms with Gasteiger partial charge in [-0.1, -0.05) is 39.5 Å². The molecule has 3 heterocycles. The Labute approximate surface area is 175 Å². The summed E-state index contributed by atoms with van der Waals surface area (Å²) < 4.78 is 46.2. The molecule has 3 rings (SSSR count). The average Bonchev–Trinajstić information content (AvgIpc) is 3.06. The molecule has 2 aromatic rings. The molecule has 1 N–H and O–H groups in total. The number of allylic oxidation sites excluding steroid dienone is 4. The molecule has 30 heavy (non-hydrogen) atoms. The predicted molar refractivity (Wildman–Crippen MR) is 116 cm³/mol. The number of aryl methyl sites for hydroxylation is 1. The van der Waals surface area contributed by atoms with Crippen LogP contribution in [-0.2, 0) is 11.3 Å². The van der Waals surface area contributed by atoms with Crippen LogP contribution in [0.15, 0.2) is 36.4 Å². The Morgan fingerprint density at radius 1 is 1.37 bits per heavy atom. The second-order valence-electron chi connectivity index (χ2n) is 6.74. The van der Waals surface area contributed by atoms with Gasteiger partial charge in [-0.15, -0.1) is 0 Å². The third-order valence-corrected chi connectivity index (χ3v) is 4.69. The summed E-state index contributed by atoms with van der Waals surface area (Å²) in [5.74, 6) is 0. The minimum atomic E-state index is -4.47. The van der Waals surface area contributed by atoms with Crippen molar-refractivity contribution in [3.8, 4) is 0 Å². The molecule has 8 heteroatoms. The van der Waals surface area contributed by atoms with Gasteiger partial charge in [0.1, 0.15) is 16.7 Å². The van der Waals surface area contributed by atoms with Crippen LogP contribution < -0.4 is 5.32 Å². The van der Waals surface area contributed by atoms with Crippen molar-refractivity contribution in [3.63, 3.8) is 0 Å². The number of ether oxygens (including phenoxy) is 1. The Bertz CT molecular complexity index is 957. The Balaban J connectivity index is 0.00000155. The van der Waals surface area contributed by atoms with E-state index in [2.05, 4.69) is 28.9 Å². The third-order valence-electron chi connectivity index (χ3n) is 4.69. The molecule has 0 amide bonds. The standard InChI is InChI=1S/C20H23F3N4O.C2H6/c1-5-14(20(21,22)23)8-7-13(11-28-4)17-18-19-16(9-12(3)24-18)25-15(6-2)10-27(19)26-17;1-2/h5,7-9,15,25H,1,6,10-11H2,2-4H3;1-2H3/b13-7+,14-8+;. The van der Waals surface area contributed by atoms with E-state index in [1.165, 1.54) is 13.2 Å². The lowest BCUT2D eigenvalue weighted by atomic mass is 10.1. The van der Waals surface area contributed by atoms with E-state index >= 15 is 0 Å². The first kappa shape index (κ1) is 23.7. The summed E-state index contributed by atoms with van der Waals surface area (Å²) in [6.45, 7) is 12.0. The van der Waals surface area contributed by atoms with E-state index in [-0.39, 0.29) is 12.6 Å². The molecule has 1 atom stereocenters. The number of pyridine rings is 1. The lowest BCUT2D eigenvalue weighted by Gasteiger charge is -2.24. The fraction of sp³-hybridized carbons (Fsp3) is 0.455. The van der Waals surface area contributed by atoms with E-state index in [4.69, 9.17) is 4.74 Å². The lowest BCUT2D eigenvalue weighted by Crippen LogP contribution is -2.29. The molecule has 1 aliphatic heterocycles. The van der Waals surface area contributed by atoms with Crippen molar-refractivity contribution in [2.24, 2.45) is 0 Å². The highest BCUT2D eigenvalue weighted by molar-refractivity contribution is 5.96. The van der Waals surface area contributed by atoms with Gasteiger partial charge >= 0.3 is 6.18 Å². The van der Waals surface area contributed by atoms with E-state index in [1.54, 1.807) is 0 Å². The monoisotopic (exact) mass is 422 g/mol. The summed E-state index contributed by atoms with van der Waals surface area (Å²) in [6, 6.07) is 2.20. The molecule has 164 valence electrons. The molecule has 0 radical (unpaired) electrons. The number of nitrogens with one attached hydrogen (secondary N) is 1. The zero-order chi connectivity index (χ0) is 22.5. The van der Waals surface area contributed by atoms with Crippen molar-refractivity contribution in [1.29, 1.82) is 0 Å². The maximum absolute atomic E-state index is 13.0. The molecule has 0 saturated heterocycles. The molecule has 0 spiro atoms. The van der Waals surface area contributed by atoms with Gasteiger partial charge in [0, 0.05) is 24.4 Å². The highest BCUT2D eigenvalue weighted by atomic mass is 19.4. The van der Waals surface area contributed by atoms with Crippen LogP contribution in [0.2, 0.25) is 0 Å². The van der Waals surface area contributed by atoms with Crippen LogP contribution in [0.4, 0.5) is 18.9 Å². The van der Waals surface area contributed by atoms with E-state index in [1.807, 2.05) is 31.5 Å². The van der Waals surface area contributed by atoms with Gasteiger partial charge in [-0.2, -0.15) is 18.3 Å². The normalized spacial score (nSPS) is 16.7. The summed E-state index contributed by atoms with van der Waals surface area (Å²) in [5.41, 5.74) is 3.48. The Morgan fingerprint density at radius 3 is 2.63 bits per heavy atom. The van der Waals surface area contributed by atoms with E-state index in [0.29, 0.717) is 23.3 Å². The SMILES string of the molecule is C=C/C(=C\C=C(/COC)c1nn2c3c(cc(C)nc13)NC(CC)C2)C(F)(F)F.CC. The molecule has 0 saturated carbocycles. The van der Waals surface area contributed by atoms with Crippen LogP contribution in [0.25, 0.3) is 16.6 Å². The first-order valence-corrected chi connectivity index (χ1v) is 10.0. The number of alkyl halides is 3. The smallest absolute Gasteiger partial charge is 0.380 e. The zero-order valence-electron chi connectivity index (χ0n) is 18.1. The van der Waals surface area contributed by atoms with Gasteiger partial charge in [0.25, 0.3) is 0 Å². The minimum absolute atomic E-state index is 0.112. The van der Waals surface area contributed by atoms with Crippen molar-refractivity contribution in [1.82, 2.24) is 14.8 Å². The average molecular weight is 422 g/mol. The quantitative estimate of drug-likeness (QED) is 0.609. The number of methoxy groups -OCH3 is 1. The van der Waals surface area contributed by atoms with Crippen LogP contribution >= 0.6 is 0 Å². The molecule has 0 fully saturated rings. The molecular formula is C22H29F3N4O.